The lowest BCUT2D eigenvalue weighted by Crippen LogP contribution is -2.32. The molecule has 0 bridgehead atoms. The fraction of sp³-hybridized carbons (Fsp3) is 1.00. The molecule has 2 fully saturated rings. The summed E-state index contributed by atoms with van der Waals surface area (Å²) >= 11 is 0. The highest BCUT2D eigenvalue weighted by Gasteiger charge is 2.44. The fourth-order valence-corrected chi connectivity index (χ4v) is 11.5. The minimum absolute atomic E-state index is 0.286. The molecule has 0 N–H and O–H groups in total. The minimum Gasteiger partial charge on any atom is -0.104 e. The highest BCUT2D eigenvalue weighted by molar-refractivity contribution is 7.58. The molecule has 2 aliphatic carbocycles. The summed E-state index contributed by atoms with van der Waals surface area (Å²) in [6, 6.07) is 0. The van der Waals surface area contributed by atoms with Gasteiger partial charge in [0.15, 0.2) is 0 Å². The Morgan fingerprint density at radius 2 is 0.958 bits per heavy atom. The van der Waals surface area contributed by atoms with Crippen LogP contribution in [-0.4, -0.2) is 36.0 Å². The van der Waals surface area contributed by atoms with E-state index in [1.807, 2.05) is 0 Å². The highest BCUT2D eigenvalue weighted by atomic mass is 31.1. The van der Waals surface area contributed by atoms with Crippen molar-refractivity contribution in [2.24, 2.45) is 23.7 Å². The van der Waals surface area contributed by atoms with E-state index in [9.17, 15) is 0 Å². The first-order chi connectivity index (χ1) is 11.6. The quantitative estimate of drug-likeness (QED) is 0.366. The molecular weight excluding hydrogens is 326 g/mol. The maximum atomic E-state index is 2.64. The molecule has 0 radical (unpaired) electrons. The van der Waals surface area contributed by atoms with Crippen LogP contribution in [0.25, 0.3) is 0 Å². The monoisotopic (exact) mass is 370 g/mol. The van der Waals surface area contributed by atoms with Gasteiger partial charge < -0.3 is 0 Å². The summed E-state index contributed by atoms with van der Waals surface area (Å²) in [6.45, 7) is 15.1. The smallest absolute Gasteiger partial charge is 0.0207 e. The first-order valence-corrected chi connectivity index (χ1v) is 14.6. The predicted octanol–water partition coefficient (Wildman–Crippen LogP) is 7.64. The molecule has 6 atom stereocenters. The largest absolute Gasteiger partial charge is 0.104 e. The second kappa shape index (κ2) is 10.3. The van der Waals surface area contributed by atoms with Crippen molar-refractivity contribution in [3.8, 4) is 0 Å². The van der Waals surface area contributed by atoms with Gasteiger partial charge in [-0.2, -0.15) is 0 Å². The van der Waals surface area contributed by atoms with Crippen molar-refractivity contribution in [1.82, 2.24) is 0 Å². The van der Waals surface area contributed by atoms with Gasteiger partial charge >= 0.3 is 0 Å². The maximum Gasteiger partial charge on any atom is -0.0207 e. The third-order valence-electron chi connectivity index (χ3n) is 7.82. The van der Waals surface area contributed by atoms with Gasteiger partial charge in [-0.15, -0.1) is 15.8 Å². The lowest BCUT2D eigenvalue weighted by molar-refractivity contribution is 0.206. The zero-order valence-corrected chi connectivity index (χ0v) is 19.2. The molecule has 2 aliphatic rings. The van der Waals surface area contributed by atoms with Gasteiger partial charge in [0.1, 0.15) is 0 Å². The molecule has 0 amide bonds. The van der Waals surface area contributed by atoms with Crippen LogP contribution in [0.4, 0.5) is 0 Å². The summed E-state index contributed by atoms with van der Waals surface area (Å²) in [6.07, 6.45) is 15.1. The third-order valence-corrected chi connectivity index (χ3v) is 14.1. The molecule has 24 heavy (non-hydrogen) atoms. The van der Waals surface area contributed by atoms with Crippen molar-refractivity contribution in [3.63, 3.8) is 0 Å². The van der Waals surface area contributed by atoms with Crippen LogP contribution in [0.3, 0.4) is 0 Å². The van der Waals surface area contributed by atoms with Crippen LogP contribution >= 0.6 is 15.8 Å². The van der Waals surface area contributed by atoms with Gasteiger partial charge in [-0.3, -0.25) is 0 Å². The molecule has 5 unspecified atom stereocenters. The molecule has 142 valence electrons. The van der Waals surface area contributed by atoms with E-state index in [0.717, 1.165) is 35.0 Å². The summed E-state index contributed by atoms with van der Waals surface area (Å²) < 4.78 is 0. The number of hydrogen-bond donors (Lipinski definition) is 0. The van der Waals surface area contributed by atoms with E-state index in [1.54, 1.807) is 25.7 Å². The summed E-state index contributed by atoms with van der Waals surface area (Å²) in [4.78, 5) is 0. The van der Waals surface area contributed by atoms with Crippen LogP contribution in [0.5, 0.6) is 0 Å². The topological polar surface area (TPSA) is 0 Å². The Hall–Kier alpha value is 0.860. The molecule has 0 nitrogen and oxygen atoms in total. The summed E-state index contributed by atoms with van der Waals surface area (Å²) in [5.74, 6) is 4.32. The van der Waals surface area contributed by atoms with Gasteiger partial charge in [0, 0.05) is 0 Å². The van der Waals surface area contributed by atoms with Crippen LogP contribution in [0.1, 0.15) is 80.1 Å². The molecule has 0 aromatic rings. The minimum atomic E-state index is 0.286. The van der Waals surface area contributed by atoms with Crippen LogP contribution < -0.4 is 0 Å². The second-order valence-corrected chi connectivity index (χ2v) is 15.0. The van der Waals surface area contributed by atoms with E-state index in [0.29, 0.717) is 0 Å². The molecule has 0 aromatic heterocycles. The average molecular weight is 371 g/mol. The predicted molar refractivity (Wildman–Crippen MR) is 117 cm³/mol. The molecule has 2 heteroatoms. The molecule has 0 spiro atoms. The molecule has 2 saturated carbocycles. The first-order valence-electron chi connectivity index (χ1n) is 11.1. The lowest BCUT2D eigenvalue weighted by Gasteiger charge is -2.39. The molecule has 0 heterocycles. The molecule has 2 rings (SSSR count). The van der Waals surface area contributed by atoms with Crippen molar-refractivity contribution < 1.29 is 0 Å². The maximum absolute atomic E-state index is 2.64. The van der Waals surface area contributed by atoms with Crippen molar-refractivity contribution in [3.05, 3.63) is 0 Å². The number of hydrogen-bond acceptors (Lipinski definition) is 0. The van der Waals surface area contributed by atoms with Gasteiger partial charge in [0.05, 0.1) is 0 Å². The second-order valence-electron chi connectivity index (χ2n) is 8.44. The van der Waals surface area contributed by atoms with Crippen molar-refractivity contribution in [2.75, 3.05) is 24.6 Å². The standard InChI is InChI=1S/C22H44P2/c1-7-23(8-2)17(5)19-13-11-15-21(19)22-16-12-14-20(22)18(6)24(9-3)10-4/h17-22H,7-16H2,1-6H3/t17-,18?,19?,20?,21?,22?/m0/s1. The zero-order chi connectivity index (χ0) is 17.7. The van der Waals surface area contributed by atoms with Gasteiger partial charge in [-0.1, -0.05) is 54.4 Å². The van der Waals surface area contributed by atoms with E-state index >= 15 is 0 Å². The Balaban J connectivity index is 2.10. The van der Waals surface area contributed by atoms with E-state index in [2.05, 4.69) is 41.5 Å². The highest BCUT2D eigenvalue weighted by Crippen LogP contribution is 2.58. The SMILES string of the molecule is CCP(CC)C(C)C1CCCC1C1CCCC1[C@H](C)P(CC)CC. The van der Waals surface area contributed by atoms with Gasteiger partial charge in [0.25, 0.3) is 0 Å². The number of rotatable bonds is 9. The Kier molecular flexibility index (Phi) is 9.05. The summed E-state index contributed by atoms with van der Waals surface area (Å²) in [5, 5.41) is 0. The van der Waals surface area contributed by atoms with E-state index in [4.69, 9.17) is 0 Å². The van der Waals surface area contributed by atoms with E-state index < -0.39 is 0 Å². The van der Waals surface area contributed by atoms with Crippen molar-refractivity contribution in [2.45, 2.75) is 91.4 Å². The molecule has 0 saturated heterocycles. The first kappa shape index (κ1) is 21.2. The molecule has 0 aliphatic heterocycles. The third kappa shape index (κ3) is 4.58. The zero-order valence-electron chi connectivity index (χ0n) is 17.4. The van der Waals surface area contributed by atoms with Gasteiger partial charge in [-0.05, 0) is 85.3 Å². The summed E-state index contributed by atoms with van der Waals surface area (Å²) in [7, 11) is 0.573. The molecule has 0 aromatic carbocycles. The normalized spacial score (nSPS) is 33.5. The van der Waals surface area contributed by atoms with Gasteiger partial charge in [-0.25, -0.2) is 0 Å². The Morgan fingerprint density at radius 3 is 1.25 bits per heavy atom. The Morgan fingerprint density at radius 1 is 0.625 bits per heavy atom. The average Bonchev–Trinajstić information content (AvgIpc) is 3.25. The van der Waals surface area contributed by atoms with Crippen LogP contribution in [-0.2, 0) is 0 Å². The van der Waals surface area contributed by atoms with Crippen LogP contribution in [0.15, 0.2) is 0 Å². The fourth-order valence-electron chi connectivity index (χ4n) is 6.44. The van der Waals surface area contributed by atoms with Crippen LogP contribution in [0.2, 0.25) is 0 Å². The van der Waals surface area contributed by atoms with Crippen LogP contribution in [0, 0.1) is 23.7 Å². The lowest BCUT2D eigenvalue weighted by atomic mass is 9.76. The Labute approximate surface area is 155 Å². The Bertz CT molecular complexity index is 314. The summed E-state index contributed by atoms with van der Waals surface area (Å²) in [5.41, 5.74) is 2.05. The van der Waals surface area contributed by atoms with Crippen molar-refractivity contribution in [1.29, 1.82) is 0 Å². The van der Waals surface area contributed by atoms with E-state index in [-0.39, 0.29) is 15.8 Å². The van der Waals surface area contributed by atoms with Gasteiger partial charge in [0.2, 0.25) is 0 Å². The molecular formula is C22H44P2. The van der Waals surface area contributed by atoms with Crippen molar-refractivity contribution >= 4 is 15.8 Å². The van der Waals surface area contributed by atoms with E-state index in [1.165, 1.54) is 37.5 Å².